The van der Waals surface area contributed by atoms with Crippen molar-refractivity contribution in [3.63, 3.8) is 0 Å². The van der Waals surface area contributed by atoms with Gasteiger partial charge in [-0.05, 0) is 5.56 Å². The van der Waals surface area contributed by atoms with E-state index in [-0.39, 0.29) is 6.29 Å². The van der Waals surface area contributed by atoms with E-state index in [1.54, 1.807) is 24.3 Å². The Morgan fingerprint density at radius 1 is 1.33 bits per heavy atom. The Kier molecular flexibility index (Phi) is 2.71. The van der Waals surface area contributed by atoms with Crippen LogP contribution in [0.1, 0.15) is 11.6 Å². The maximum Gasteiger partial charge on any atom is 0.216 e. The molecule has 0 radical (unpaired) electrons. The topological polar surface area (TPSA) is 60.2 Å². The van der Waals surface area contributed by atoms with Crippen LogP contribution in [0, 0.1) is 0 Å². The second-order valence-corrected chi connectivity index (χ2v) is 2.41. The van der Waals surface area contributed by atoms with Gasteiger partial charge in [-0.3, -0.25) is 9.59 Å². The second-order valence-electron chi connectivity index (χ2n) is 2.41. The summed E-state index contributed by atoms with van der Waals surface area (Å²) in [5.41, 5.74) is 6.13. The average Bonchev–Trinajstić information content (AvgIpc) is 2.17. The number of rotatable bonds is 3. The summed E-state index contributed by atoms with van der Waals surface area (Å²) in [6.07, 6.45) is 0.248. The van der Waals surface area contributed by atoms with Crippen molar-refractivity contribution in [2.75, 3.05) is 0 Å². The molecule has 0 fully saturated rings. The van der Waals surface area contributed by atoms with Crippen molar-refractivity contribution in [3.05, 3.63) is 35.9 Å². The third-order valence-corrected chi connectivity index (χ3v) is 1.58. The number of Topliss-reactive ketones (excluding diaryl/α,β-unsaturated/α-hetero) is 1. The van der Waals surface area contributed by atoms with Gasteiger partial charge in [0, 0.05) is 0 Å². The Labute approximate surface area is 70.2 Å². The lowest BCUT2D eigenvalue weighted by molar-refractivity contribution is -0.130. The molecule has 1 aromatic rings. The van der Waals surface area contributed by atoms with Crippen LogP contribution in [0.15, 0.2) is 30.3 Å². The van der Waals surface area contributed by atoms with Crippen LogP contribution >= 0.6 is 0 Å². The molecule has 0 bridgehead atoms. The minimum Gasteiger partial charge on any atom is -0.317 e. The Morgan fingerprint density at radius 2 is 1.92 bits per heavy atom. The standard InChI is InChI=1S/C9H9NO2/c10-9(8(12)6-11)7-4-2-1-3-5-7/h1-6,9H,10H2. The van der Waals surface area contributed by atoms with Gasteiger partial charge in [0.2, 0.25) is 5.78 Å². The number of hydrogen-bond acceptors (Lipinski definition) is 3. The molecule has 0 spiro atoms. The minimum absolute atomic E-state index is 0.248. The Balaban J connectivity index is 2.85. The molecule has 3 heteroatoms. The molecule has 0 aliphatic carbocycles. The molecule has 0 heterocycles. The van der Waals surface area contributed by atoms with Crippen LogP contribution in [0.4, 0.5) is 0 Å². The summed E-state index contributed by atoms with van der Waals surface area (Å²) in [5.74, 6) is -0.596. The molecule has 1 atom stereocenters. The fourth-order valence-corrected chi connectivity index (χ4v) is 0.898. The van der Waals surface area contributed by atoms with Gasteiger partial charge in [0.15, 0.2) is 6.29 Å². The zero-order chi connectivity index (χ0) is 8.97. The van der Waals surface area contributed by atoms with E-state index in [4.69, 9.17) is 5.73 Å². The van der Waals surface area contributed by atoms with Gasteiger partial charge < -0.3 is 5.73 Å². The van der Waals surface area contributed by atoms with Gasteiger partial charge >= 0.3 is 0 Å². The quantitative estimate of drug-likeness (QED) is 0.520. The summed E-state index contributed by atoms with van der Waals surface area (Å²) < 4.78 is 0. The predicted molar refractivity (Wildman–Crippen MR) is 44.4 cm³/mol. The highest BCUT2D eigenvalue weighted by atomic mass is 16.2. The molecule has 12 heavy (non-hydrogen) atoms. The first-order valence-corrected chi connectivity index (χ1v) is 3.55. The number of ketones is 1. The van der Waals surface area contributed by atoms with Crippen LogP contribution in [0.25, 0.3) is 0 Å². The van der Waals surface area contributed by atoms with E-state index >= 15 is 0 Å². The molecular formula is C9H9NO2. The number of carbonyl (C=O) groups excluding carboxylic acids is 2. The third kappa shape index (κ3) is 1.77. The zero-order valence-corrected chi connectivity index (χ0v) is 6.44. The molecule has 62 valence electrons. The van der Waals surface area contributed by atoms with E-state index in [0.29, 0.717) is 5.56 Å². The highest BCUT2D eigenvalue weighted by Gasteiger charge is 2.13. The van der Waals surface area contributed by atoms with Gasteiger partial charge in [0.25, 0.3) is 0 Å². The van der Waals surface area contributed by atoms with E-state index in [1.165, 1.54) is 0 Å². The van der Waals surface area contributed by atoms with E-state index in [2.05, 4.69) is 0 Å². The average molecular weight is 163 g/mol. The normalized spacial score (nSPS) is 12.1. The maximum atomic E-state index is 10.8. The molecule has 0 saturated heterocycles. The SMILES string of the molecule is NC(C(=O)C=O)c1ccccc1. The first kappa shape index (κ1) is 8.62. The van der Waals surface area contributed by atoms with Crippen LogP contribution < -0.4 is 5.73 Å². The van der Waals surface area contributed by atoms with Crippen molar-refractivity contribution in [1.82, 2.24) is 0 Å². The van der Waals surface area contributed by atoms with Crippen LogP contribution in [-0.4, -0.2) is 12.1 Å². The van der Waals surface area contributed by atoms with Gasteiger partial charge in [0.05, 0.1) is 6.04 Å². The highest BCUT2D eigenvalue weighted by Crippen LogP contribution is 2.08. The number of hydrogen-bond donors (Lipinski definition) is 1. The smallest absolute Gasteiger partial charge is 0.216 e. The first-order valence-electron chi connectivity index (χ1n) is 3.55. The number of nitrogens with two attached hydrogens (primary N) is 1. The molecule has 0 saturated carbocycles. The summed E-state index contributed by atoms with van der Waals surface area (Å²) in [5, 5.41) is 0. The van der Waals surface area contributed by atoms with Crippen molar-refractivity contribution in [2.45, 2.75) is 6.04 Å². The lowest BCUT2D eigenvalue weighted by Gasteiger charge is -2.05. The summed E-state index contributed by atoms with van der Waals surface area (Å²) in [4.78, 5) is 20.9. The molecule has 1 unspecified atom stereocenters. The lowest BCUT2D eigenvalue weighted by Crippen LogP contribution is -2.21. The van der Waals surface area contributed by atoms with Crippen molar-refractivity contribution in [3.8, 4) is 0 Å². The second kappa shape index (κ2) is 3.78. The molecule has 0 aliphatic rings. The van der Waals surface area contributed by atoms with Crippen LogP contribution in [0.2, 0.25) is 0 Å². The Hall–Kier alpha value is -1.48. The van der Waals surface area contributed by atoms with Crippen molar-refractivity contribution < 1.29 is 9.59 Å². The molecule has 0 amide bonds. The van der Waals surface area contributed by atoms with Crippen molar-refractivity contribution in [1.29, 1.82) is 0 Å². The summed E-state index contributed by atoms with van der Waals surface area (Å²) in [6.45, 7) is 0. The molecule has 3 nitrogen and oxygen atoms in total. The van der Waals surface area contributed by atoms with E-state index in [9.17, 15) is 9.59 Å². The third-order valence-electron chi connectivity index (χ3n) is 1.58. The fraction of sp³-hybridized carbons (Fsp3) is 0.111. The number of aldehydes is 1. The summed E-state index contributed by atoms with van der Waals surface area (Å²) in [6, 6.07) is 7.98. The first-order chi connectivity index (χ1) is 5.75. The van der Waals surface area contributed by atoms with Crippen LogP contribution in [0.5, 0.6) is 0 Å². The Bertz CT molecular complexity index is 282. The van der Waals surface area contributed by atoms with Gasteiger partial charge in [-0.25, -0.2) is 0 Å². The van der Waals surface area contributed by atoms with E-state index in [0.717, 1.165) is 0 Å². The molecule has 1 aromatic carbocycles. The van der Waals surface area contributed by atoms with Crippen LogP contribution in [-0.2, 0) is 9.59 Å². The van der Waals surface area contributed by atoms with Crippen LogP contribution in [0.3, 0.4) is 0 Å². The molecule has 1 rings (SSSR count). The summed E-state index contributed by atoms with van der Waals surface area (Å²) >= 11 is 0. The number of benzene rings is 1. The summed E-state index contributed by atoms with van der Waals surface area (Å²) in [7, 11) is 0. The molecule has 0 aliphatic heterocycles. The Morgan fingerprint density at radius 3 is 2.42 bits per heavy atom. The lowest BCUT2D eigenvalue weighted by atomic mass is 10.1. The zero-order valence-electron chi connectivity index (χ0n) is 6.44. The van der Waals surface area contributed by atoms with Crippen molar-refractivity contribution >= 4 is 12.1 Å². The predicted octanol–water partition coefficient (Wildman–Crippen LogP) is 0.454. The van der Waals surface area contributed by atoms with Gasteiger partial charge in [-0.15, -0.1) is 0 Å². The highest BCUT2D eigenvalue weighted by molar-refractivity contribution is 6.27. The van der Waals surface area contributed by atoms with Gasteiger partial charge in [-0.1, -0.05) is 30.3 Å². The van der Waals surface area contributed by atoms with Gasteiger partial charge in [-0.2, -0.15) is 0 Å². The monoisotopic (exact) mass is 163 g/mol. The molecule has 2 N–H and O–H groups in total. The maximum absolute atomic E-state index is 10.8. The molecule has 0 aromatic heterocycles. The van der Waals surface area contributed by atoms with Gasteiger partial charge in [0.1, 0.15) is 0 Å². The molecular weight excluding hydrogens is 154 g/mol. The van der Waals surface area contributed by atoms with E-state index < -0.39 is 11.8 Å². The van der Waals surface area contributed by atoms with E-state index in [1.807, 2.05) is 6.07 Å². The largest absolute Gasteiger partial charge is 0.317 e. The number of carbonyl (C=O) groups is 2. The minimum atomic E-state index is -0.816. The fourth-order valence-electron chi connectivity index (χ4n) is 0.898. The van der Waals surface area contributed by atoms with Crippen molar-refractivity contribution in [2.24, 2.45) is 5.73 Å².